The van der Waals surface area contributed by atoms with Crippen LogP contribution in [0.25, 0.3) is 0 Å². The first-order valence-electron chi connectivity index (χ1n) is 5.45. The minimum atomic E-state index is -0.407. The zero-order valence-electron chi connectivity index (χ0n) is 10.1. The van der Waals surface area contributed by atoms with Crippen molar-refractivity contribution < 1.29 is 9.53 Å². The van der Waals surface area contributed by atoms with E-state index in [0.717, 1.165) is 5.56 Å². The fourth-order valence-electron chi connectivity index (χ4n) is 1.36. The summed E-state index contributed by atoms with van der Waals surface area (Å²) in [7, 11) is 1.63. The molecule has 0 saturated heterocycles. The van der Waals surface area contributed by atoms with Gasteiger partial charge in [0.05, 0.1) is 12.0 Å². The van der Waals surface area contributed by atoms with Crippen LogP contribution in [0, 0.1) is 17.2 Å². The standard InChI is InChI=1S/C13H16N2O2/c1-11(8-14)9-15(2)13(16)17-10-12-6-4-3-5-7-12/h3-7,11H,9-10H2,1-2H3. The molecule has 0 spiro atoms. The van der Waals surface area contributed by atoms with Gasteiger partial charge in [-0.05, 0) is 12.5 Å². The molecular weight excluding hydrogens is 216 g/mol. The Morgan fingerprint density at radius 1 is 1.47 bits per heavy atom. The predicted octanol–water partition coefficient (Wildman–Crippen LogP) is 2.41. The van der Waals surface area contributed by atoms with Crippen LogP contribution in [0.5, 0.6) is 0 Å². The summed E-state index contributed by atoms with van der Waals surface area (Å²) in [6, 6.07) is 11.6. The number of benzene rings is 1. The Balaban J connectivity index is 2.37. The number of carbonyl (C=O) groups is 1. The third-order valence-electron chi connectivity index (χ3n) is 2.28. The lowest BCUT2D eigenvalue weighted by Crippen LogP contribution is -2.31. The van der Waals surface area contributed by atoms with Crippen LogP contribution in [0.1, 0.15) is 12.5 Å². The lowest BCUT2D eigenvalue weighted by molar-refractivity contribution is 0.102. The minimum absolute atomic E-state index is 0.190. The Labute approximate surface area is 101 Å². The maximum atomic E-state index is 11.6. The van der Waals surface area contributed by atoms with Crippen LogP contribution in [0.2, 0.25) is 0 Å². The van der Waals surface area contributed by atoms with Gasteiger partial charge in [0.1, 0.15) is 6.61 Å². The molecule has 0 bridgehead atoms. The fourth-order valence-corrected chi connectivity index (χ4v) is 1.36. The lowest BCUT2D eigenvalue weighted by Gasteiger charge is -2.17. The molecule has 0 aliphatic heterocycles. The Bertz CT molecular complexity index is 398. The highest BCUT2D eigenvalue weighted by Gasteiger charge is 2.12. The SMILES string of the molecule is CC(C#N)CN(C)C(=O)OCc1ccccc1. The number of rotatable bonds is 4. The van der Waals surface area contributed by atoms with Gasteiger partial charge in [-0.25, -0.2) is 4.79 Å². The first-order chi connectivity index (χ1) is 8.13. The van der Waals surface area contributed by atoms with Gasteiger partial charge in [0, 0.05) is 13.6 Å². The van der Waals surface area contributed by atoms with Crippen molar-refractivity contribution in [3.63, 3.8) is 0 Å². The topological polar surface area (TPSA) is 53.3 Å². The van der Waals surface area contributed by atoms with Gasteiger partial charge in [-0.1, -0.05) is 30.3 Å². The number of nitriles is 1. The largest absolute Gasteiger partial charge is 0.445 e. The molecule has 0 aliphatic carbocycles. The molecule has 0 saturated carbocycles. The second-order valence-electron chi connectivity index (χ2n) is 3.95. The molecule has 90 valence electrons. The molecule has 0 aliphatic rings. The lowest BCUT2D eigenvalue weighted by atomic mass is 10.2. The van der Waals surface area contributed by atoms with Crippen molar-refractivity contribution in [3.05, 3.63) is 35.9 Å². The number of hydrogen-bond acceptors (Lipinski definition) is 3. The maximum absolute atomic E-state index is 11.6. The number of carbonyl (C=O) groups excluding carboxylic acids is 1. The van der Waals surface area contributed by atoms with E-state index in [2.05, 4.69) is 6.07 Å². The summed E-state index contributed by atoms with van der Waals surface area (Å²) in [5.41, 5.74) is 0.947. The van der Waals surface area contributed by atoms with E-state index >= 15 is 0 Å². The number of ether oxygens (including phenoxy) is 1. The smallest absolute Gasteiger partial charge is 0.409 e. The molecular formula is C13H16N2O2. The minimum Gasteiger partial charge on any atom is -0.445 e. The maximum Gasteiger partial charge on any atom is 0.409 e. The first-order valence-corrected chi connectivity index (χ1v) is 5.45. The fraction of sp³-hybridized carbons (Fsp3) is 0.385. The van der Waals surface area contributed by atoms with Gasteiger partial charge in [-0.15, -0.1) is 0 Å². The first kappa shape index (κ1) is 13.0. The van der Waals surface area contributed by atoms with Crippen LogP contribution < -0.4 is 0 Å². The summed E-state index contributed by atoms with van der Waals surface area (Å²) in [4.78, 5) is 13.0. The van der Waals surface area contributed by atoms with Crippen LogP contribution in [-0.4, -0.2) is 24.6 Å². The molecule has 1 amide bonds. The molecule has 1 atom stereocenters. The van der Waals surface area contributed by atoms with Crippen LogP contribution in [-0.2, 0) is 11.3 Å². The van der Waals surface area contributed by atoms with E-state index in [1.807, 2.05) is 30.3 Å². The molecule has 0 radical (unpaired) electrons. The summed E-state index contributed by atoms with van der Waals surface area (Å²) in [5.74, 6) is -0.190. The normalized spacial score (nSPS) is 11.4. The Hall–Kier alpha value is -2.02. The van der Waals surface area contributed by atoms with Gasteiger partial charge in [0.15, 0.2) is 0 Å². The summed E-state index contributed by atoms with van der Waals surface area (Å²) in [6.07, 6.45) is -0.407. The monoisotopic (exact) mass is 232 g/mol. The number of nitrogens with zero attached hydrogens (tertiary/aromatic N) is 2. The van der Waals surface area contributed by atoms with Crippen molar-refractivity contribution in [2.45, 2.75) is 13.5 Å². The molecule has 1 aromatic carbocycles. The third kappa shape index (κ3) is 4.56. The van der Waals surface area contributed by atoms with E-state index in [4.69, 9.17) is 10.00 Å². The van der Waals surface area contributed by atoms with Crippen molar-refractivity contribution in [1.82, 2.24) is 4.90 Å². The zero-order valence-corrected chi connectivity index (χ0v) is 10.1. The number of amides is 1. The second kappa shape index (κ2) is 6.54. The molecule has 0 heterocycles. The van der Waals surface area contributed by atoms with Gasteiger partial charge in [0.2, 0.25) is 0 Å². The average molecular weight is 232 g/mol. The van der Waals surface area contributed by atoms with Crippen LogP contribution in [0.3, 0.4) is 0 Å². The van der Waals surface area contributed by atoms with E-state index in [0.29, 0.717) is 6.54 Å². The summed E-state index contributed by atoms with van der Waals surface area (Å²) >= 11 is 0. The van der Waals surface area contributed by atoms with Gasteiger partial charge in [-0.2, -0.15) is 5.26 Å². The molecule has 1 aromatic rings. The highest BCUT2D eigenvalue weighted by Crippen LogP contribution is 2.04. The van der Waals surface area contributed by atoms with Crippen LogP contribution in [0.4, 0.5) is 4.79 Å². The van der Waals surface area contributed by atoms with Gasteiger partial charge in [0.25, 0.3) is 0 Å². The highest BCUT2D eigenvalue weighted by molar-refractivity contribution is 5.67. The average Bonchev–Trinajstić information content (AvgIpc) is 2.36. The zero-order chi connectivity index (χ0) is 12.7. The molecule has 1 rings (SSSR count). The Kier molecular flexibility index (Phi) is 5.02. The van der Waals surface area contributed by atoms with Crippen molar-refractivity contribution >= 4 is 6.09 Å². The molecule has 4 nitrogen and oxygen atoms in total. The number of hydrogen-bond donors (Lipinski definition) is 0. The molecule has 0 aromatic heterocycles. The molecule has 0 N–H and O–H groups in total. The second-order valence-corrected chi connectivity index (χ2v) is 3.95. The molecule has 17 heavy (non-hydrogen) atoms. The quantitative estimate of drug-likeness (QED) is 0.801. The Morgan fingerprint density at radius 2 is 2.12 bits per heavy atom. The van der Waals surface area contributed by atoms with E-state index in [1.165, 1.54) is 4.90 Å². The van der Waals surface area contributed by atoms with Gasteiger partial charge in [-0.3, -0.25) is 0 Å². The molecule has 0 fully saturated rings. The van der Waals surface area contributed by atoms with Crippen LogP contribution in [0.15, 0.2) is 30.3 Å². The highest BCUT2D eigenvalue weighted by atomic mass is 16.6. The van der Waals surface area contributed by atoms with E-state index in [9.17, 15) is 4.79 Å². The molecule has 4 heteroatoms. The van der Waals surface area contributed by atoms with Crippen LogP contribution >= 0.6 is 0 Å². The third-order valence-corrected chi connectivity index (χ3v) is 2.28. The summed E-state index contributed by atoms with van der Waals surface area (Å²) in [5, 5.41) is 8.64. The Morgan fingerprint density at radius 3 is 2.71 bits per heavy atom. The van der Waals surface area contributed by atoms with Gasteiger partial charge >= 0.3 is 6.09 Å². The van der Waals surface area contributed by atoms with Gasteiger partial charge < -0.3 is 9.64 Å². The predicted molar refractivity (Wildman–Crippen MR) is 64.0 cm³/mol. The van der Waals surface area contributed by atoms with Crippen molar-refractivity contribution in [2.75, 3.05) is 13.6 Å². The van der Waals surface area contributed by atoms with Crippen molar-refractivity contribution in [3.8, 4) is 6.07 Å². The van der Waals surface area contributed by atoms with Crippen molar-refractivity contribution in [2.24, 2.45) is 5.92 Å². The van der Waals surface area contributed by atoms with E-state index in [-0.39, 0.29) is 12.5 Å². The van der Waals surface area contributed by atoms with Crippen molar-refractivity contribution in [1.29, 1.82) is 5.26 Å². The van der Waals surface area contributed by atoms with E-state index < -0.39 is 6.09 Å². The summed E-state index contributed by atoms with van der Waals surface area (Å²) < 4.78 is 5.11. The summed E-state index contributed by atoms with van der Waals surface area (Å²) in [6.45, 7) is 2.40. The molecule has 1 unspecified atom stereocenters. The van der Waals surface area contributed by atoms with E-state index in [1.54, 1.807) is 14.0 Å².